The van der Waals surface area contributed by atoms with Crippen LogP contribution < -0.4 is 4.57 Å². The molecule has 0 spiro atoms. The van der Waals surface area contributed by atoms with Crippen molar-refractivity contribution >= 4 is 5.78 Å². The molecule has 0 aliphatic carbocycles. The average Bonchev–Trinajstić information content (AvgIpc) is 2.96. The number of aryl methyl sites for hydroxylation is 3. The van der Waals surface area contributed by atoms with Crippen molar-refractivity contribution < 1.29 is 12.8 Å². The van der Waals surface area contributed by atoms with Gasteiger partial charge in [0.05, 0.1) is 18.9 Å². The zero-order valence-electron chi connectivity index (χ0n) is 16.2. The maximum Gasteiger partial charge on any atom is 0.311 e. The lowest BCUT2D eigenvalue weighted by atomic mass is 10.3. The standard InChI is InChI=1S/C14H17N4/c1-10-5-6-13(16(4)9-10)18-12(3)11(2)17-8-7-15-14(17)18/h5-9H,1-4H3/q+1/i1D3,2D3. The van der Waals surface area contributed by atoms with E-state index in [1.54, 1.807) is 39.8 Å². The number of pyridine rings is 1. The van der Waals surface area contributed by atoms with Crippen LogP contribution in [0, 0.1) is 20.6 Å². The summed E-state index contributed by atoms with van der Waals surface area (Å²) >= 11 is 0. The van der Waals surface area contributed by atoms with Crippen molar-refractivity contribution in [1.29, 1.82) is 0 Å². The zero-order chi connectivity index (χ0) is 17.9. The van der Waals surface area contributed by atoms with E-state index in [2.05, 4.69) is 4.98 Å². The van der Waals surface area contributed by atoms with Gasteiger partial charge in [-0.15, -0.1) is 0 Å². The monoisotopic (exact) mass is 247 g/mol. The molecule has 3 aromatic rings. The van der Waals surface area contributed by atoms with Crippen molar-refractivity contribution in [2.24, 2.45) is 7.05 Å². The Morgan fingerprint density at radius 2 is 2.17 bits per heavy atom. The van der Waals surface area contributed by atoms with E-state index in [-0.39, 0.29) is 11.3 Å². The number of aromatic nitrogens is 4. The summed E-state index contributed by atoms with van der Waals surface area (Å²) in [6, 6.07) is 3.18. The summed E-state index contributed by atoms with van der Waals surface area (Å²) in [6.07, 6.45) is 4.67. The Balaban J connectivity index is 2.28. The lowest BCUT2D eigenvalue weighted by molar-refractivity contribution is -0.666. The Morgan fingerprint density at radius 3 is 2.89 bits per heavy atom. The summed E-state index contributed by atoms with van der Waals surface area (Å²) < 4.78 is 50.7. The molecule has 92 valence electrons. The Labute approximate surface area is 115 Å². The van der Waals surface area contributed by atoms with Crippen LogP contribution in [-0.4, -0.2) is 14.0 Å². The highest BCUT2D eigenvalue weighted by Crippen LogP contribution is 2.18. The third kappa shape index (κ3) is 1.38. The second-order valence-electron chi connectivity index (χ2n) is 4.25. The first-order valence-electron chi connectivity index (χ1n) is 8.57. The highest BCUT2D eigenvalue weighted by Gasteiger charge is 2.21. The first-order chi connectivity index (χ1) is 11.0. The fraction of sp³-hybridized carbons (Fsp3) is 0.286. The molecule has 0 N–H and O–H groups in total. The lowest BCUT2D eigenvalue weighted by Crippen LogP contribution is -2.34. The van der Waals surface area contributed by atoms with Gasteiger partial charge in [-0.1, -0.05) is 0 Å². The maximum atomic E-state index is 7.77. The first-order valence-corrected chi connectivity index (χ1v) is 5.57. The molecule has 0 unspecified atom stereocenters. The minimum atomic E-state index is -2.29. The molecule has 0 fully saturated rings. The fourth-order valence-electron chi connectivity index (χ4n) is 2.17. The number of hydrogen-bond acceptors (Lipinski definition) is 1. The minimum absolute atomic E-state index is 0.190. The molecule has 3 heterocycles. The summed E-state index contributed by atoms with van der Waals surface area (Å²) in [5.41, 5.74) is 0.944. The van der Waals surface area contributed by atoms with Gasteiger partial charge < -0.3 is 0 Å². The molecule has 18 heavy (non-hydrogen) atoms. The second-order valence-corrected chi connectivity index (χ2v) is 4.25. The van der Waals surface area contributed by atoms with Crippen molar-refractivity contribution in [3.05, 3.63) is 47.7 Å². The molecule has 0 radical (unpaired) electrons. The minimum Gasteiger partial charge on any atom is -0.266 e. The molecule has 0 aromatic carbocycles. The van der Waals surface area contributed by atoms with Crippen molar-refractivity contribution in [3.8, 4) is 5.82 Å². The zero-order valence-corrected chi connectivity index (χ0v) is 10.2. The first kappa shape index (κ1) is 6.18. The van der Waals surface area contributed by atoms with Gasteiger partial charge in [-0.25, -0.2) is 4.57 Å². The fourth-order valence-corrected chi connectivity index (χ4v) is 2.17. The Morgan fingerprint density at radius 1 is 1.28 bits per heavy atom. The van der Waals surface area contributed by atoms with Gasteiger partial charge in [0.25, 0.3) is 5.82 Å². The lowest BCUT2D eigenvalue weighted by Gasteiger charge is -2.03. The summed E-state index contributed by atoms with van der Waals surface area (Å²) in [5, 5.41) is 0. The van der Waals surface area contributed by atoms with E-state index in [9.17, 15) is 0 Å². The molecule has 0 atom stereocenters. The molecule has 0 aliphatic rings. The number of nitrogens with zero attached hydrogens (tertiary/aromatic N) is 4. The highest BCUT2D eigenvalue weighted by atomic mass is 15.3. The SMILES string of the molecule is [2H]C([2H])([2H])c1ccc(-n2c(C)c(C([2H])([2H])[2H])n3ccnc23)[n+](C)c1. The van der Waals surface area contributed by atoms with Crippen LogP contribution in [0.5, 0.6) is 0 Å². The van der Waals surface area contributed by atoms with E-state index in [1.807, 2.05) is 0 Å². The van der Waals surface area contributed by atoms with E-state index in [4.69, 9.17) is 8.22 Å². The number of imidazole rings is 2. The number of rotatable bonds is 1. The molecule has 4 heteroatoms. The smallest absolute Gasteiger partial charge is 0.266 e. The quantitative estimate of drug-likeness (QED) is 0.603. The summed E-state index contributed by atoms with van der Waals surface area (Å²) in [5.74, 6) is 1.10. The third-order valence-electron chi connectivity index (χ3n) is 3.08. The second kappa shape index (κ2) is 3.70. The third-order valence-corrected chi connectivity index (χ3v) is 3.08. The van der Waals surface area contributed by atoms with Crippen LogP contribution in [0.3, 0.4) is 0 Å². The average molecular weight is 247 g/mol. The van der Waals surface area contributed by atoms with E-state index < -0.39 is 13.7 Å². The van der Waals surface area contributed by atoms with Crippen molar-refractivity contribution in [1.82, 2.24) is 14.0 Å². The molecular weight excluding hydrogens is 224 g/mol. The van der Waals surface area contributed by atoms with Gasteiger partial charge in [0.15, 0.2) is 0 Å². The molecule has 0 saturated heterocycles. The molecule has 0 aliphatic heterocycles. The number of fused-ring (bicyclic) bond motifs is 1. The van der Waals surface area contributed by atoms with Gasteiger partial charge >= 0.3 is 5.78 Å². The van der Waals surface area contributed by atoms with Crippen LogP contribution >= 0.6 is 0 Å². The van der Waals surface area contributed by atoms with Crippen molar-refractivity contribution in [2.45, 2.75) is 20.6 Å². The van der Waals surface area contributed by atoms with Crippen LogP contribution in [-0.2, 0) is 7.05 Å². The van der Waals surface area contributed by atoms with Gasteiger partial charge in [0.1, 0.15) is 5.69 Å². The van der Waals surface area contributed by atoms with Gasteiger partial charge in [-0.2, -0.15) is 9.55 Å². The van der Waals surface area contributed by atoms with Gasteiger partial charge in [-0.3, -0.25) is 4.40 Å². The largest absolute Gasteiger partial charge is 0.311 e. The Kier molecular flexibility index (Phi) is 1.27. The highest BCUT2D eigenvalue weighted by molar-refractivity contribution is 5.45. The normalized spacial score (nSPS) is 17.7. The topological polar surface area (TPSA) is 26.1 Å². The van der Waals surface area contributed by atoms with Gasteiger partial charge in [0.2, 0.25) is 0 Å². The molecule has 0 bridgehead atoms. The van der Waals surface area contributed by atoms with Crippen LogP contribution in [0.4, 0.5) is 0 Å². The Hall–Kier alpha value is -2.10. The van der Waals surface area contributed by atoms with Crippen LogP contribution in [0.2, 0.25) is 0 Å². The van der Waals surface area contributed by atoms with Gasteiger partial charge in [0, 0.05) is 26.7 Å². The molecule has 4 nitrogen and oxygen atoms in total. The summed E-state index contributed by atoms with van der Waals surface area (Å²) in [6.45, 7) is -2.77. The van der Waals surface area contributed by atoms with Crippen molar-refractivity contribution in [3.63, 3.8) is 0 Å². The molecule has 3 aromatic heterocycles. The molecule has 0 saturated carbocycles. The summed E-state index contributed by atoms with van der Waals surface area (Å²) in [7, 11) is 1.72. The van der Waals surface area contributed by atoms with E-state index in [1.165, 1.54) is 18.5 Å². The van der Waals surface area contributed by atoms with Crippen LogP contribution in [0.1, 0.15) is 25.2 Å². The van der Waals surface area contributed by atoms with Crippen LogP contribution in [0.15, 0.2) is 30.7 Å². The molecular formula is C14H17N4+. The predicted molar refractivity (Wildman–Crippen MR) is 69.9 cm³/mol. The van der Waals surface area contributed by atoms with E-state index >= 15 is 0 Å². The van der Waals surface area contributed by atoms with E-state index in [0.29, 0.717) is 17.3 Å². The predicted octanol–water partition coefficient (Wildman–Crippen LogP) is 1.87. The summed E-state index contributed by atoms with van der Waals surface area (Å²) in [4.78, 5) is 4.25. The molecule has 0 amide bonds. The van der Waals surface area contributed by atoms with Crippen molar-refractivity contribution in [2.75, 3.05) is 0 Å². The van der Waals surface area contributed by atoms with E-state index in [0.717, 1.165) is 0 Å². The van der Waals surface area contributed by atoms with Gasteiger partial charge in [-0.05, 0) is 32.3 Å². The number of hydrogen-bond donors (Lipinski definition) is 0. The van der Waals surface area contributed by atoms with Crippen LogP contribution in [0.25, 0.3) is 11.6 Å². The molecule has 3 rings (SSSR count). The maximum absolute atomic E-state index is 7.77. The Bertz CT molecular complexity index is 916.